The van der Waals surface area contributed by atoms with E-state index in [0.717, 1.165) is 23.7 Å². The van der Waals surface area contributed by atoms with Crippen molar-refractivity contribution in [2.45, 2.75) is 52.0 Å². The van der Waals surface area contributed by atoms with Gasteiger partial charge in [-0.1, -0.05) is 38.0 Å². The minimum Gasteiger partial charge on any atom is -0.310 e. The molecule has 21 heavy (non-hydrogen) atoms. The second-order valence-corrected chi connectivity index (χ2v) is 6.40. The van der Waals surface area contributed by atoms with Crippen LogP contribution in [0.25, 0.3) is 10.9 Å². The highest BCUT2D eigenvalue weighted by atomic mass is 14.9. The smallest absolute Gasteiger partial charge is 0.0708 e. The predicted molar refractivity (Wildman–Crippen MR) is 89.5 cm³/mol. The highest BCUT2D eigenvalue weighted by Gasteiger charge is 2.23. The molecule has 0 aliphatic heterocycles. The number of aromatic nitrogens is 1. The highest BCUT2D eigenvalue weighted by molar-refractivity contribution is 5.82. The molecule has 0 saturated heterocycles. The first kappa shape index (κ1) is 14.5. The average molecular weight is 282 g/mol. The van der Waals surface area contributed by atoms with Gasteiger partial charge in [0.2, 0.25) is 0 Å². The lowest BCUT2D eigenvalue weighted by Crippen LogP contribution is -2.22. The minimum absolute atomic E-state index is 0.470. The summed E-state index contributed by atoms with van der Waals surface area (Å²) >= 11 is 0. The van der Waals surface area contributed by atoms with Gasteiger partial charge in [-0.15, -0.1) is 0 Å². The Morgan fingerprint density at radius 2 is 2.10 bits per heavy atom. The van der Waals surface area contributed by atoms with Crippen molar-refractivity contribution in [3.8, 4) is 0 Å². The number of para-hydroxylation sites is 1. The Hall–Kier alpha value is -1.41. The molecule has 1 aromatic carbocycles. The highest BCUT2D eigenvalue weighted by Crippen LogP contribution is 2.37. The molecule has 1 aromatic heterocycles. The van der Waals surface area contributed by atoms with E-state index in [-0.39, 0.29) is 0 Å². The number of pyridine rings is 1. The van der Waals surface area contributed by atoms with Crippen molar-refractivity contribution in [1.82, 2.24) is 10.3 Å². The maximum absolute atomic E-state index is 4.68. The third kappa shape index (κ3) is 3.62. The lowest BCUT2D eigenvalue weighted by molar-refractivity contribution is 0.472. The van der Waals surface area contributed by atoms with Crippen LogP contribution in [-0.2, 0) is 0 Å². The topological polar surface area (TPSA) is 24.9 Å². The van der Waals surface area contributed by atoms with Crippen LogP contribution in [0, 0.1) is 12.8 Å². The van der Waals surface area contributed by atoms with Gasteiger partial charge >= 0.3 is 0 Å². The van der Waals surface area contributed by atoms with Crippen molar-refractivity contribution in [3.63, 3.8) is 0 Å². The molecule has 1 aliphatic carbocycles. The van der Waals surface area contributed by atoms with Crippen LogP contribution in [0.4, 0.5) is 0 Å². The quantitative estimate of drug-likeness (QED) is 0.791. The van der Waals surface area contributed by atoms with Crippen molar-refractivity contribution in [2.75, 3.05) is 6.54 Å². The summed E-state index contributed by atoms with van der Waals surface area (Å²) in [5.41, 5.74) is 3.69. The number of aryl methyl sites for hydroxylation is 1. The summed E-state index contributed by atoms with van der Waals surface area (Å²) in [6, 6.07) is 11.3. The molecule has 0 amide bonds. The largest absolute Gasteiger partial charge is 0.310 e. The third-order valence-corrected chi connectivity index (χ3v) is 4.45. The molecule has 2 aromatic rings. The van der Waals surface area contributed by atoms with Crippen LogP contribution in [0.1, 0.15) is 56.3 Å². The fourth-order valence-corrected chi connectivity index (χ4v) is 3.12. The molecule has 0 bridgehead atoms. The second-order valence-electron chi connectivity index (χ2n) is 6.40. The molecular formula is C19H26N2. The van der Waals surface area contributed by atoms with E-state index in [1.165, 1.54) is 43.1 Å². The summed E-state index contributed by atoms with van der Waals surface area (Å²) in [5, 5.41) is 5.07. The van der Waals surface area contributed by atoms with Gasteiger partial charge < -0.3 is 5.32 Å². The van der Waals surface area contributed by atoms with Crippen LogP contribution in [0.2, 0.25) is 0 Å². The first-order chi connectivity index (χ1) is 10.3. The number of rotatable bonds is 7. The molecule has 2 heteroatoms. The van der Waals surface area contributed by atoms with E-state index in [1.54, 1.807) is 0 Å². The van der Waals surface area contributed by atoms with E-state index in [4.69, 9.17) is 0 Å². The number of fused-ring (bicyclic) bond motifs is 1. The van der Waals surface area contributed by atoms with Crippen molar-refractivity contribution < 1.29 is 0 Å². The standard InChI is InChI=1S/C19H26N2/c1-3-12-20-18(11-10-15-8-9-15)17-13-14(2)21-19-7-5-4-6-16(17)19/h4-7,13,15,18,20H,3,8-12H2,1-2H3. The van der Waals surface area contributed by atoms with Crippen LogP contribution in [0.5, 0.6) is 0 Å². The van der Waals surface area contributed by atoms with Crippen LogP contribution >= 0.6 is 0 Å². The molecule has 0 radical (unpaired) electrons. The summed E-state index contributed by atoms with van der Waals surface area (Å²) in [5.74, 6) is 0.991. The van der Waals surface area contributed by atoms with Crippen LogP contribution < -0.4 is 5.32 Å². The van der Waals surface area contributed by atoms with E-state index in [1.807, 2.05) is 0 Å². The monoisotopic (exact) mass is 282 g/mol. The van der Waals surface area contributed by atoms with Crippen LogP contribution in [0.3, 0.4) is 0 Å². The fourth-order valence-electron chi connectivity index (χ4n) is 3.12. The first-order valence-electron chi connectivity index (χ1n) is 8.37. The average Bonchev–Trinajstić information content (AvgIpc) is 3.31. The molecule has 1 atom stereocenters. The molecule has 1 saturated carbocycles. The Bertz CT molecular complexity index is 602. The molecule has 1 heterocycles. The molecular weight excluding hydrogens is 256 g/mol. The van der Waals surface area contributed by atoms with E-state index in [0.29, 0.717) is 6.04 Å². The van der Waals surface area contributed by atoms with E-state index in [2.05, 4.69) is 54.5 Å². The molecule has 1 N–H and O–H groups in total. The molecule has 2 nitrogen and oxygen atoms in total. The second kappa shape index (κ2) is 6.57. The van der Waals surface area contributed by atoms with E-state index < -0.39 is 0 Å². The van der Waals surface area contributed by atoms with Crippen LogP contribution in [0.15, 0.2) is 30.3 Å². The maximum Gasteiger partial charge on any atom is 0.0708 e. The van der Waals surface area contributed by atoms with Crippen LogP contribution in [-0.4, -0.2) is 11.5 Å². The Kier molecular flexibility index (Phi) is 4.54. The van der Waals surface area contributed by atoms with Gasteiger partial charge in [-0.05, 0) is 56.3 Å². The molecule has 0 spiro atoms. The summed E-state index contributed by atoms with van der Waals surface area (Å²) < 4.78 is 0. The van der Waals surface area contributed by atoms with Crippen molar-refractivity contribution in [1.29, 1.82) is 0 Å². The van der Waals surface area contributed by atoms with Gasteiger partial charge in [-0.3, -0.25) is 4.98 Å². The number of hydrogen-bond donors (Lipinski definition) is 1. The lowest BCUT2D eigenvalue weighted by atomic mass is 9.96. The predicted octanol–water partition coefficient (Wildman–Crippen LogP) is 4.77. The molecule has 1 fully saturated rings. The Labute approximate surface area is 128 Å². The summed E-state index contributed by atoms with van der Waals surface area (Å²) in [6.07, 6.45) is 6.67. The molecule has 3 rings (SSSR count). The van der Waals surface area contributed by atoms with Crippen molar-refractivity contribution in [2.24, 2.45) is 5.92 Å². The van der Waals surface area contributed by atoms with Gasteiger partial charge in [-0.2, -0.15) is 0 Å². The van der Waals surface area contributed by atoms with Gasteiger partial charge in [0.05, 0.1) is 5.52 Å². The maximum atomic E-state index is 4.68. The lowest BCUT2D eigenvalue weighted by Gasteiger charge is -2.21. The Morgan fingerprint density at radius 3 is 2.86 bits per heavy atom. The zero-order valence-electron chi connectivity index (χ0n) is 13.2. The molecule has 1 unspecified atom stereocenters. The van der Waals surface area contributed by atoms with Gasteiger partial charge in [0.1, 0.15) is 0 Å². The van der Waals surface area contributed by atoms with Crippen molar-refractivity contribution in [3.05, 3.63) is 41.6 Å². The number of nitrogens with zero attached hydrogens (tertiary/aromatic N) is 1. The zero-order valence-corrected chi connectivity index (χ0v) is 13.2. The SMILES string of the molecule is CCCNC(CCC1CC1)c1cc(C)nc2ccccc12. The molecule has 112 valence electrons. The minimum atomic E-state index is 0.470. The number of hydrogen-bond acceptors (Lipinski definition) is 2. The number of benzene rings is 1. The molecule has 1 aliphatic rings. The third-order valence-electron chi connectivity index (χ3n) is 4.45. The Balaban J connectivity index is 1.91. The summed E-state index contributed by atoms with van der Waals surface area (Å²) in [7, 11) is 0. The Morgan fingerprint density at radius 1 is 1.29 bits per heavy atom. The van der Waals surface area contributed by atoms with Gasteiger partial charge in [-0.25, -0.2) is 0 Å². The van der Waals surface area contributed by atoms with E-state index >= 15 is 0 Å². The number of nitrogens with one attached hydrogen (secondary N) is 1. The van der Waals surface area contributed by atoms with Gasteiger partial charge in [0, 0.05) is 17.1 Å². The normalized spacial score (nSPS) is 16.3. The van der Waals surface area contributed by atoms with Crippen molar-refractivity contribution >= 4 is 10.9 Å². The zero-order chi connectivity index (χ0) is 14.7. The van der Waals surface area contributed by atoms with E-state index in [9.17, 15) is 0 Å². The first-order valence-corrected chi connectivity index (χ1v) is 8.37. The van der Waals surface area contributed by atoms with Gasteiger partial charge in [0.25, 0.3) is 0 Å². The van der Waals surface area contributed by atoms with Gasteiger partial charge in [0.15, 0.2) is 0 Å². The summed E-state index contributed by atoms with van der Waals surface area (Å²) in [4.78, 5) is 4.68. The summed E-state index contributed by atoms with van der Waals surface area (Å²) in [6.45, 7) is 5.43. The fraction of sp³-hybridized carbons (Fsp3) is 0.526.